The van der Waals surface area contributed by atoms with Crippen molar-refractivity contribution in [3.8, 4) is 34.9 Å². The fourth-order valence-electron chi connectivity index (χ4n) is 4.04. The van der Waals surface area contributed by atoms with Gasteiger partial charge in [-0.15, -0.1) is 0 Å². The van der Waals surface area contributed by atoms with Crippen LogP contribution in [0.3, 0.4) is 0 Å². The van der Waals surface area contributed by atoms with Crippen LogP contribution in [0.5, 0.6) is 0 Å². The lowest BCUT2D eigenvalue weighted by Gasteiger charge is -2.19. The summed E-state index contributed by atoms with van der Waals surface area (Å²) in [5.41, 5.74) is 6.75. The van der Waals surface area contributed by atoms with Gasteiger partial charge >= 0.3 is 5.97 Å². The summed E-state index contributed by atoms with van der Waals surface area (Å²) in [7, 11) is 1.39. The van der Waals surface area contributed by atoms with E-state index in [1.54, 1.807) is 6.07 Å². The Morgan fingerprint density at radius 3 is 2.62 bits per heavy atom. The number of nitrogens with zero attached hydrogens (tertiary/aromatic N) is 1. The number of terminal acetylenes is 1. The van der Waals surface area contributed by atoms with Gasteiger partial charge in [-0.2, -0.15) is 4.99 Å². The third-order valence-corrected chi connectivity index (χ3v) is 5.54. The number of hydrogen-bond acceptors (Lipinski definition) is 5. The molecule has 5 nitrogen and oxygen atoms in total. The standard InChI is InChI=1S/C27H24N2O3/c1-6-28-22-14-24-20(12-16(22)3)26(18-10-8-9-11-19(18)27(30)31-5)21-13-17(4)23(29-7-2)15-25(21)32-24/h1,8-15,29H,7H2,2-5H3. The van der Waals surface area contributed by atoms with E-state index in [0.29, 0.717) is 22.3 Å². The monoisotopic (exact) mass is 424 g/mol. The van der Waals surface area contributed by atoms with Crippen molar-refractivity contribution in [1.82, 2.24) is 0 Å². The number of nitrogens with one attached hydrogen (secondary N) is 1. The third-order valence-electron chi connectivity index (χ3n) is 5.54. The molecule has 0 saturated carbocycles. The van der Waals surface area contributed by atoms with Crippen LogP contribution in [0.25, 0.3) is 33.4 Å². The Bertz CT molecular complexity index is 1420. The zero-order chi connectivity index (χ0) is 22.8. The van der Waals surface area contributed by atoms with E-state index in [9.17, 15) is 4.79 Å². The first-order valence-corrected chi connectivity index (χ1v) is 10.4. The minimum Gasteiger partial charge on any atom is -0.465 e. The molecule has 0 aromatic heterocycles. The minimum atomic E-state index is -0.389. The van der Waals surface area contributed by atoms with Crippen LogP contribution in [0.15, 0.2) is 57.9 Å². The highest BCUT2D eigenvalue weighted by Crippen LogP contribution is 2.42. The molecule has 2 aromatic carbocycles. The number of esters is 1. The average Bonchev–Trinajstić information content (AvgIpc) is 2.79. The van der Waals surface area contributed by atoms with Crippen LogP contribution < -0.4 is 10.7 Å². The number of methoxy groups -OCH3 is 1. The highest BCUT2D eigenvalue weighted by molar-refractivity contribution is 6.08. The van der Waals surface area contributed by atoms with Crippen LogP contribution in [0, 0.1) is 26.3 Å². The molecule has 160 valence electrons. The first-order valence-electron chi connectivity index (χ1n) is 10.4. The van der Waals surface area contributed by atoms with Gasteiger partial charge in [-0.25, -0.2) is 4.79 Å². The first kappa shape index (κ1) is 21.2. The molecule has 0 radical (unpaired) electrons. The quantitative estimate of drug-likeness (QED) is 0.266. The second-order valence-electron chi connectivity index (χ2n) is 7.58. The van der Waals surface area contributed by atoms with Crippen molar-refractivity contribution in [2.24, 2.45) is 4.99 Å². The van der Waals surface area contributed by atoms with E-state index in [4.69, 9.17) is 15.6 Å². The molecule has 0 bridgehead atoms. The topological polar surface area (TPSA) is 63.8 Å². The summed E-state index contributed by atoms with van der Waals surface area (Å²) in [5, 5.41) is 4.96. The van der Waals surface area contributed by atoms with Crippen LogP contribution in [0.2, 0.25) is 0 Å². The second kappa shape index (κ2) is 8.60. The van der Waals surface area contributed by atoms with Gasteiger partial charge in [0.05, 0.1) is 18.0 Å². The Hall–Kier alpha value is -4.04. The SMILES string of the molecule is C#CN=c1cc2oc3cc(NCC)c(C)cc3c(-c3ccccc3C(=O)OC)c-2cc1C. The number of fused-ring (bicyclic) bond motifs is 2. The van der Waals surface area contributed by atoms with E-state index in [2.05, 4.69) is 36.3 Å². The number of carbonyl (C=O) groups is 1. The number of aryl methyl sites for hydroxylation is 2. The zero-order valence-corrected chi connectivity index (χ0v) is 18.6. The van der Waals surface area contributed by atoms with Gasteiger partial charge in [0.2, 0.25) is 0 Å². The van der Waals surface area contributed by atoms with E-state index >= 15 is 0 Å². The predicted molar refractivity (Wildman–Crippen MR) is 128 cm³/mol. The molecule has 5 heteroatoms. The molecule has 0 saturated heterocycles. The van der Waals surface area contributed by atoms with E-state index in [1.165, 1.54) is 7.11 Å². The summed E-state index contributed by atoms with van der Waals surface area (Å²) < 4.78 is 11.4. The molecule has 2 aromatic rings. The molecule has 1 aliphatic heterocycles. The lowest BCUT2D eigenvalue weighted by Crippen LogP contribution is -2.09. The highest BCUT2D eigenvalue weighted by atomic mass is 16.5. The molecule has 0 atom stereocenters. The maximum Gasteiger partial charge on any atom is 0.338 e. The Labute approximate surface area is 187 Å². The highest BCUT2D eigenvalue weighted by Gasteiger charge is 2.23. The molecule has 4 rings (SSSR count). The number of anilines is 1. The number of carbonyl (C=O) groups excluding carboxylic acids is 1. The number of benzene rings is 3. The Kier molecular flexibility index (Phi) is 5.70. The maximum absolute atomic E-state index is 12.6. The molecule has 0 amide bonds. The van der Waals surface area contributed by atoms with Crippen molar-refractivity contribution in [1.29, 1.82) is 0 Å². The van der Waals surface area contributed by atoms with Gasteiger partial charge in [-0.1, -0.05) is 24.6 Å². The van der Waals surface area contributed by atoms with Crippen molar-refractivity contribution >= 4 is 22.6 Å². The maximum atomic E-state index is 12.6. The number of rotatable bonds is 4. The molecular weight excluding hydrogens is 400 g/mol. The summed E-state index contributed by atoms with van der Waals surface area (Å²) in [6, 6.07) is 17.7. The minimum absolute atomic E-state index is 0.389. The van der Waals surface area contributed by atoms with Crippen LogP contribution >= 0.6 is 0 Å². The molecule has 0 fully saturated rings. The van der Waals surface area contributed by atoms with Crippen LogP contribution in [0.4, 0.5) is 5.69 Å². The molecule has 0 unspecified atom stereocenters. The van der Waals surface area contributed by atoms with E-state index < -0.39 is 0 Å². The van der Waals surface area contributed by atoms with Crippen molar-refractivity contribution in [3.63, 3.8) is 0 Å². The zero-order valence-electron chi connectivity index (χ0n) is 18.6. The van der Waals surface area contributed by atoms with Gasteiger partial charge in [-0.05, 0) is 55.7 Å². The number of hydrogen-bond donors (Lipinski definition) is 1. The summed E-state index contributed by atoms with van der Waals surface area (Å²) in [6.07, 6.45) is 5.42. The van der Waals surface area contributed by atoms with Crippen LogP contribution in [-0.4, -0.2) is 19.6 Å². The Balaban J connectivity index is 2.20. The molecule has 32 heavy (non-hydrogen) atoms. The summed E-state index contributed by atoms with van der Waals surface area (Å²) in [5.74, 6) is 0.248. The summed E-state index contributed by atoms with van der Waals surface area (Å²) in [6.45, 7) is 6.85. The lowest BCUT2D eigenvalue weighted by atomic mass is 9.89. The second-order valence-corrected chi connectivity index (χ2v) is 7.58. The average molecular weight is 425 g/mol. The van der Waals surface area contributed by atoms with Crippen molar-refractivity contribution in [3.05, 3.63) is 70.6 Å². The number of ether oxygens (including phenoxy) is 1. The van der Waals surface area contributed by atoms with Crippen molar-refractivity contribution < 1.29 is 13.9 Å². The van der Waals surface area contributed by atoms with Crippen LogP contribution in [0.1, 0.15) is 28.4 Å². The Morgan fingerprint density at radius 1 is 1.12 bits per heavy atom. The van der Waals surface area contributed by atoms with Gasteiger partial charge in [0.25, 0.3) is 0 Å². The summed E-state index contributed by atoms with van der Waals surface area (Å²) in [4.78, 5) is 16.7. The van der Waals surface area contributed by atoms with Gasteiger partial charge in [-0.3, -0.25) is 0 Å². The fraction of sp³-hybridized carbons (Fsp3) is 0.185. The van der Waals surface area contributed by atoms with Gasteiger partial charge in [0.1, 0.15) is 11.3 Å². The van der Waals surface area contributed by atoms with E-state index in [0.717, 1.165) is 45.4 Å². The fourth-order valence-corrected chi connectivity index (χ4v) is 4.04. The molecule has 0 spiro atoms. The van der Waals surface area contributed by atoms with Crippen molar-refractivity contribution in [2.45, 2.75) is 20.8 Å². The summed E-state index contributed by atoms with van der Waals surface area (Å²) >= 11 is 0. The molecule has 1 aliphatic carbocycles. The normalized spacial score (nSPS) is 11.5. The van der Waals surface area contributed by atoms with Crippen molar-refractivity contribution in [2.75, 3.05) is 19.0 Å². The smallest absolute Gasteiger partial charge is 0.338 e. The van der Waals surface area contributed by atoms with E-state index in [-0.39, 0.29) is 5.97 Å². The lowest BCUT2D eigenvalue weighted by molar-refractivity contribution is 0.0601. The largest absolute Gasteiger partial charge is 0.465 e. The van der Waals surface area contributed by atoms with Crippen LogP contribution in [-0.2, 0) is 4.74 Å². The van der Waals surface area contributed by atoms with E-state index in [1.807, 2.05) is 43.3 Å². The molecular formula is C27H24N2O3. The first-order chi connectivity index (χ1) is 15.5. The Morgan fingerprint density at radius 2 is 1.91 bits per heavy atom. The predicted octanol–water partition coefficient (Wildman–Crippen LogP) is 5.53. The van der Waals surface area contributed by atoms with Gasteiger partial charge < -0.3 is 14.5 Å². The van der Waals surface area contributed by atoms with Gasteiger partial charge in [0.15, 0.2) is 0 Å². The molecule has 2 aliphatic rings. The molecule has 1 heterocycles. The molecule has 1 N–H and O–H groups in total. The van der Waals surface area contributed by atoms with Gasteiger partial charge in [0, 0.05) is 46.9 Å². The third kappa shape index (κ3) is 3.61.